The number of amides is 3. The molecule has 120 valence electrons. The van der Waals surface area contributed by atoms with E-state index in [4.69, 9.17) is 5.11 Å². The molecule has 0 aromatic heterocycles. The molecule has 0 bridgehead atoms. The predicted molar refractivity (Wildman–Crippen MR) is 72.5 cm³/mol. The standard InChI is InChI=1S/C12H21N3O6/c1-7(2)13-9(16)6-15(3)12(20)14-8(11(18)19)5-10(17)21-4/h7-8H,5-6H2,1-4H3,(H,13,16)(H,14,20)(H,18,19)/t8-/m0/s1. The lowest BCUT2D eigenvalue weighted by atomic mass is 10.2. The number of esters is 1. The van der Waals surface area contributed by atoms with Gasteiger partial charge in [-0.2, -0.15) is 0 Å². The second kappa shape index (κ2) is 8.77. The van der Waals surface area contributed by atoms with Crippen LogP contribution >= 0.6 is 0 Å². The zero-order valence-electron chi connectivity index (χ0n) is 12.5. The van der Waals surface area contributed by atoms with Crippen molar-refractivity contribution in [2.45, 2.75) is 32.4 Å². The van der Waals surface area contributed by atoms with Gasteiger partial charge >= 0.3 is 18.0 Å². The van der Waals surface area contributed by atoms with E-state index in [1.54, 1.807) is 13.8 Å². The summed E-state index contributed by atoms with van der Waals surface area (Å²) in [7, 11) is 2.46. The minimum atomic E-state index is -1.42. The van der Waals surface area contributed by atoms with E-state index in [9.17, 15) is 19.2 Å². The summed E-state index contributed by atoms with van der Waals surface area (Å²) in [5.74, 6) is -2.50. The topological polar surface area (TPSA) is 125 Å². The van der Waals surface area contributed by atoms with Gasteiger partial charge in [-0.1, -0.05) is 0 Å². The SMILES string of the molecule is COC(=O)C[C@H](NC(=O)N(C)CC(=O)NC(C)C)C(=O)O. The van der Waals surface area contributed by atoms with Crippen LogP contribution in [0.3, 0.4) is 0 Å². The predicted octanol–water partition coefficient (Wildman–Crippen LogP) is -0.831. The van der Waals surface area contributed by atoms with E-state index < -0.39 is 30.4 Å². The van der Waals surface area contributed by atoms with Crippen LogP contribution < -0.4 is 10.6 Å². The number of urea groups is 1. The van der Waals surface area contributed by atoms with Gasteiger partial charge in [0.15, 0.2) is 0 Å². The first-order valence-corrected chi connectivity index (χ1v) is 6.28. The molecular formula is C12H21N3O6. The monoisotopic (exact) mass is 303 g/mol. The molecule has 0 radical (unpaired) electrons. The van der Waals surface area contributed by atoms with E-state index >= 15 is 0 Å². The fourth-order valence-electron chi connectivity index (χ4n) is 1.36. The van der Waals surface area contributed by atoms with Crippen molar-refractivity contribution in [1.82, 2.24) is 15.5 Å². The highest BCUT2D eigenvalue weighted by atomic mass is 16.5. The molecule has 9 nitrogen and oxygen atoms in total. The molecule has 0 aliphatic rings. The van der Waals surface area contributed by atoms with Crippen molar-refractivity contribution >= 4 is 23.9 Å². The van der Waals surface area contributed by atoms with Crippen LogP contribution in [-0.4, -0.2) is 66.7 Å². The summed E-state index contributed by atoms with van der Waals surface area (Å²) in [5, 5.41) is 13.7. The Bertz CT molecular complexity index is 410. The molecule has 3 N–H and O–H groups in total. The Morgan fingerprint density at radius 2 is 1.76 bits per heavy atom. The smallest absolute Gasteiger partial charge is 0.326 e. The van der Waals surface area contributed by atoms with Crippen LogP contribution in [-0.2, 0) is 19.1 Å². The van der Waals surface area contributed by atoms with E-state index in [1.807, 2.05) is 0 Å². The molecule has 0 spiro atoms. The fourth-order valence-corrected chi connectivity index (χ4v) is 1.36. The number of carboxylic acids is 1. The van der Waals surface area contributed by atoms with Crippen molar-refractivity contribution in [2.75, 3.05) is 20.7 Å². The normalized spacial score (nSPS) is 11.5. The molecule has 0 aliphatic heterocycles. The lowest BCUT2D eigenvalue weighted by Crippen LogP contribution is -2.50. The molecule has 9 heteroatoms. The van der Waals surface area contributed by atoms with Gasteiger partial charge in [0.05, 0.1) is 13.5 Å². The number of nitrogens with zero attached hydrogens (tertiary/aromatic N) is 1. The van der Waals surface area contributed by atoms with Gasteiger partial charge < -0.3 is 25.4 Å². The van der Waals surface area contributed by atoms with E-state index in [-0.39, 0.29) is 18.5 Å². The van der Waals surface area contributed by atoms with E-state index in [0.717, 1.165) is 12.0 Å². The highest BCUT2D eigenvalue weighted by Crippen LogP contribution is 1.97. The van der Waals surface area contributed by atoms with Crippen molar-refractivity contribution in [3.05, 3.63) is 0 Å². The third-order valence-electron chi connectivity index (χ3n) is 2.37. The lowest BCUT2D eigenvalue weighted by Gasteiger charge is -2.21. The first kappa shape index (κ1) is 18.7. The molecule has 0 saturated heterocycles. The highest BCUT2D eigenvalue weighted by molar-refractivity contribution is 5.88. The van der Waals surface area contributed by atoms with Crippen LogP contribution in [0.15, 0.2) is 0 Å². The van der Waals surface area contributed by atoms with Gasteiger partial charge in [0, 0.05) is 13.1 Å². The minimum Gasteiger partial charge on any atom is -0.480 e. The van der Waals surface area contributed by atoms with Crippen LogP contribution in [0.5, 0.6) is 0 Å². The number of carbonyl (C=O) groups excluding carboxylic acids is 3. The van der Waals surface area contributed by atoms with Crippen molar-refractivity contribution in [1.29, 1.82) is 0 Å². The molecule has 0 heterocycles. The van der Waals surface area contributed by atoms with Gasteiger partial charge in [-0.05, 0) is 13.8 Å². The Labute approximate surface area is 122 Å². The van der Waals surface area contributed by atoms with Gasteiger partial charge in [-0.15, -0.1) is 0 Å². The summed E-state index contributed by atoms with van der Waals surface area (Å²) in [6, 6.07) is -2.26. The summed E-state index contributed by atoms with van der Waals surface area (Å²) in [6.07, 6.45) is -0.496. The molecule has 0 saturated carbocycles. The van der Waals surface area contributed by atoms with Crippen molar-refractivity contribution in [2.24, 2.45) is 0 Å². The highest BCUT2D eigenvalue weighted by Gasteiger charge is 2.25. The largest absolute Gasteiger partial charge is 0.480 e. The number of likely N-dealkylation sites (N-methyl/N-ethyl adjacent to an activating group) is 1. The van der Waals surface area contributed by atoms with Gasteiger partial charge in [-0.25, -0.2) is 9.59 Å². The molecule has 0 fully saturated rings. The Kier molecular flexibility index (Phi) is 7.80. The van der Waals surface area contributed by atoms with Crippen LogP contribution in [0.2, 0.25) is 0 Å². The van der Waals surface area contributed by atoms with Gasteiger partial charge in [0.2, 0.25) is 5.91 Å². The first-order chi connectivity index (χ1) is 9.67. The number of carboxylic acid groups (broad SMARTS) is 1. The first-order valence-electron chi connectivity index (χ1n) is 6.28. The maximum atomic E-state index is 11.8. The Balaban J connectivity index is 4.51. The molecule has 0 aliphatic carbocycles. The molecule has 3 amide bonds. The van der Waals surface area contributed by atoms with Gasteiger partial charge in [0.1, 0.15) is 12.6 Å². The summed E-state index contributed by atoms with van der Waals surface area (Å²) >= 11 is 0. The molecule has 21 heavy (non-hydrogen) atoms. The summed E-state index contributed by atoms with van der Waals surface area (Å²) in [6.45, 7) is 3.32. The molecule has 0 aromatic carbocycles. The second-order valence-corrected chi connectivity index (χ2v) is 4.70. The number of carbonyl (C=O) groups is 4. The van der Waals surface area contributed by atoms with Crippen molar-refractivity contribution in [3.63, 3.8) is 0 Å². The van der Waals surface area contributed by atoms with Gasteiger partial charge in [0.25, 0.3) is 0 Å². The fraction of sp³-hybridized carbons (Fsp3) is 0.667. The van der Waals surface area contributed by atoms with Crippen LogP contribution in [0.4, 0.5) is 4.79 Å². The van der Waals surface area contributed by atoms with E-state index in [2.05, 4.69) is 15.4 Å². The number of aliphatic carboxylic acids is 1. The Morgan fingerprint density at radius 3 is 2.19 bits per heavy atom. The Hall–Kier alpha value is -2.32. The zero-order valence-corrected chi connectivity index (χ0v) is 12.5. The molecule has 0 aromatic rings. The third-order valence-corrected chi connectivity index (χ3v) is 2.37. The average molecular weight is 303 g/mol. The zero-order chi connectivity index (χ0) is 16.6. The number of rotatable bonds is 7. The summed E-state index contributed by atoms with van der Waals surface area (Å²) < 4.78 is 4.35. The van der Waals surface area contributed by atoms with Crippen LogP contribution in [0.1, 0.15) is 20.3 Å². The van der Waals surface area contributed by atoms with Gasteiger partial charge in [-0.3, -0.25) is 9.59 Å². The van der Waals surface area contributed by atoms with Crippen LogP contribution in [0, 0.1) is 0 Å². The third kappa shape index (κ3) is 7.75. The second-order valence-electron chi connectivity index (χ2n) is 4.70. The number of hydrogen-bond acceptors (Lipinski definition) is 5. The summed E-state index contributed by atoms with van der Waals surface area (Å²) in [4.78, 5) is 46.3. The number of nitrogens with one attached hydrogen (secondary N) is 2. The molecule has 0 rings (SSSR count). The average Bonchev–Trinajstić information content (AvgIpc) is 2.35. The van der Waals surface area contributed by atoms with Crippen molar-refractivity contribution in [3.8, 4) is 0 Å². The van der Waals surface area contributed by atoms with Crippen LogP contribution in [0.25, 0.3) is 0 Å². The summed E-state index contributed by atoms with van der Waals surface area (Å²) in [5.41, 5.74) is 0. The van der Waals surface area contributed by atoms with E-state index in [1.165, 1.54) is 7.05 Å². The number of methoxy groups -OCH3 is 1. The lowest BCUT2D eigenvalue weighted by molar-refractivity contribution is -0.147. The maximum Gasteiger partial charge on any atom is 0.326 e. The number of hydrogen-bond donors (Lipinski definition) is 3. The maximum absolute atomic E-state index is 11.8. The quantitative estimate of drug-likeness (QED) is 0.527. The number of ether oxygens (including phenoxy) is 1. The molecule has 1 atom stereocenters. The molecule has 0 unspecified atom stereocenters. The Morgan fingerprint density at radius 1 is 1.19 bits per heavy atom. The minimum absolute atomic E-state index is 0.0694. The van der Waals surface area contributed by atoms with Crippen molar-refractivity contribution < 1.29 is 29.0 Å². The van der Waals surface area contributed by atoms with E-state index in [0.29, 0.717) is 0 Å². The molecular weight excluding hydrogens is 282 g/mol.